The summed E-state index contributed by atoms with van der Waals surface area (Å²) in [6.07, 6.45) is -3.27. The monoisotopic (exact) mass is 292 g/mol. The lowest BCUT2D eigenvalue weighted by atomic mass is 9.96. The lowest BCUT2D eigenvalue weighted by Gasteiger charge is -2.38. The average Bonchev–Trinajstić information content (AvgIpc) is 2.76. The summed E-state index contributed by atoms with van der Waals surface area (Å²) in [7, 11) is 0. The first kappa shape index (κ1) is 14.8. The van der Waals surface area contributed by atoms with Crippen molar-refractivity contribution >= 4 is 11.3 Å². The van der Waals surface area contributed by atoms with Gasteiger partial charge < -0.3 is 5.73 Å². The molecule has 1 aromatic rings. The van der Waals surface area contributed by atoms with Gasteiger partial charge in [0.25, 0.3) is 0 Å². The Kier molecular flexibility index (Phi) is 4.53. The van der Waals surface area contributed by atoms with Gasteiger partial charge in [-0.05, 0) is 38.4 Å². The molecule has 2 heterocycles. The molecule has 0 aliphatic carbocycles. The molecule has 6 heteroatoms. The van der Waals surface area contributed by atoms with Crippen molar-refractivity contribution in [3.63, 3.8) is 0 Å². The first-order valence-electron chi connectivity index (χ1n) is 6.49. The van der Waals surface area contributed by atoms with Gasteiger partial charge in [0, 0.05) is 22.8 Å². The van der Waals surface area contributed by atoms with E-state index in [9.17, 15) is 13.2 Å². The van der Waals surface area contributed by atoms with E-state index < -0.39 is 12.1 Å². The second-order valence-electron chi connectivity index (χ2n) is 5.08. The summed E-state index contributed by atoms with van der Waals surface area (Å²) in [6.45, 7) is 3.13. The fourth-order valence-electron chi connectivity index (χ4n) is 2.63. The van der Waals surface area contributed by atoms with Gasteiger partial charge in [-0.25, -0.2) is 0 Å². The summed E-state index contributed by atoms with van der Waals surface area (Å²) in [5.41, 5.74) is 5.78. The maximum Gasteiger partial charge on any atom is 0.393 e. The minimum Gasteiger partial charge on any atom is -0.329 e. The first-order valence-corrected chi connectivity index (χ1v) is 7.30. The van der Waals surface area contributed by atoms with Crippen LogP contribution in [0.15, 0.2) is 12.1 Å². The van der Waals surface area contributed by atoms with Crippen molar-refractivity contribution in [2.45, 2.75) is 32.0 Å². The molecule has 0 bridgehead atoms. The number of halogens is 3. The maximum atomic E-state index is 12.8. The Morgan fingerprint density at radius 1 is 1.47 bits per heavy atom. The molecule has 2 N–H and O–H groups in total. The number of aryl methyl sites for hydroxylation is 1. The molecule has 1 aliphatic heterocycles. The standard InChI is InChI=1S/C13H19F3N2S/c1-9-4-5-12(19-9)11(7-17)18-6-2-3-10(8-18)13(14,15)16/h4-5,10-11H,2-3,6-8,17H2,1H3. The van der Waals surface area contributed by atoms with Gasteiger partial charge >= 0.3 is 6.18 Å². The van der Waals surface area contributed by atoms with Crippen molar-refractivity contribution < 1.29 is 13.2 Å². The number of likely N-dealkylation sites (tertiary alicyclic amines) is 1. The van der Waals surface area contributed by atoms with Crippen LogP contribution in [0.25, 0.3) is 0 Å². The maximum absolute atomic E-state index is 12.8. The van der Waals surface area contributed by atoms with Crippen molar-refractivity contribution in [3.8, 4) is 0 Å². The Balaban J connectivity index is 2.10. The number of rotatable bonds is 3. The van der Waals surface area contributed by atoms with Crippen molar-refractivity contribution in [3.05, 3.63) is 21.9 Å². The first-order chi connectivity index (χ1) is 8.91. The number of nitrogens with zero attached hydrogens (tertiary/aromatic N) is 1. The molecule has 1 aromatic heterocycles. The summed E-state index contributed by atoms with van der Waals surface area (Å²) >= 11 is 1.62. The molecule has 108 valence electrons. The van der Waals surface area contributed by atoms with Crippen LogP contribution in [-0.4, -0.2) is 30.7 Å². The van der Waals surface area contributed by atoms with Crippen molar-refractivity contribution in [1.29, 1.82) is 0 Å². The van der Waals surface area contributed by atoms with E-state index >= 15 is 0 Å². The van der Waals surface area contributed by atoms with E-state index in [0.717, 1.165) is 9.75 Å². The quantitative estimate of drug-likeness (QED) is 0.926. The van der Waals surface area contributed by atoms with Crippen LogP contribution in [-0.2, 0) is 0 Å². The molecule has 1 aliphatic rings. The Morgan fingerprint density at radius 2 is 2.21 bits per heavy atom. The Morgan fingerprint density at radius 3 is 2.74 bits per heavy atom. The third-order valence-corrected chi connectivity index (χ3v) is 4.77. The summed E-state index contributed by atoms with van der Waals surface area (Å²) in [5.74, 6) is -1.21. The second-order valence-corrected chi connectivity index (χ2v) is 6.40. The molecule has 0 saturated carbocycles. The minimum absolute atomic E-state index is 0.0717. The number of nitrogens with two attached hydrogens (primary N) is 1. The highest BCUT2D eigenvalue weighted by molar-refractivity contribution is 7.12. The number of hydrogen-bond acceptors (Lipinski definition) is 3. The molecule has 1 fully saturated rings. The van der Waals surface area contributed by atoms with E-state index in [2.05, 4.69) is 0 Å². The Labute approximate surface area is 115 Å². The topological polar surface area (TPSA) is 29.3 Å². The number of thiophene rings is 1. The zero-order valence-corrected chi connectivity index (χ0v) is 11.7. The van der Waals surface area contributed by atoms with Gasteiger partial charge in [-0.3, -0.25) is 4.90 Å². The smallest absolute Gasteiger partial charge is 0.329 e. The summed E-state index contributed by atoms with van der Waals surface area (Å²) in [5, 5.41) is 0. The molecule has 0 amide bonds. The molecule has 2 nitrogen and oxygen atoms in total. The average molecular weight is 292 g/mol. The minimum atomic E-state index is -4.09. The lowest BCUT2D eigenvalue weighted by Crippen LogP contribution is -2.45. The molecule has 2 unspecified atom stereocenters. The highest BCUT2D eigenvalue weighted by Crippen LogP contribution is 2.36. The second kappa shape index (κ2) is 5.81. The molecule has 2 rings (SSSR count). The van der Waals surface area contributed by atoms with Crippen LogP contribution >= 0.6 is 11.3 Å². The summed E-state index contributed by atoms with van der Waals surface area (Å²) in [4.78, 5) is 4.13. The van der Waals surface area contributed by atoms with Crippen LogP contribution < -0.4 is 5.73 Å². The van der Waals surface area contributed by atoms with E-state index in [-0.39, 0.29) is 19.0 Å². The fraction of sp³-hybridized carbons (Fsp3) is 0.692. The zero-order chi connectivity index (χ0) is 14.0. The molecule has 19 heavy (non-hydrogen) atoms. The van der Waals surface area contributed by atoms with Crippen molar-refractivity contribution in [2.24, 2.45) is 11.7 Å². The Bertz CT molecular complexity index is 416. The fourth-order valence-corrected chi connectivity index (χ4v) is 3.66. The molecular formula is C13H19F3N2S. The van der Waals surface area contributed by atoms with Crippen LogP contribution in [0.3, 0.4) is 0 Å². The van der Waals surface area contributed by atoms with Crippen molar-refractivity contribution in [2.75, 3.05) is 19.6 Å². The van der Waals surface area contributed by atoms with Gasteiger partial charge in [-0.15, -0.1) is 11.3 Å². The highest BCUT2D eigenvalue weighted by Gasteiger charge is 2.42. The molecule has 0 spiro atoms. The van der Waals surface area contributed by atoms with Gasteiger partial charge in [0.05, 0.1) is 12.0 Å². The lowest BCUT2D eigenvalue weighted by molar-refractivity contribution is -0.188. The normalized spacial score (nSPS) is 23.5. The van der Waals surface area contributed by atoms with E-state index in [1.54, 1.807) is 11.3 Å². The van der Waals surface area contributed by atoms with Gasteiger partial charge in [0.1, 0.15) is 0 Å². The zero-order valence-electron chi connectivity index (χ0n) is 10.9. The summed E-state index contributed by atoms with van der Waals surface area (Å²) in [6, 6.07) is 3.90. The molecule has 0 radical (unpaired) electrons. The van der Waals surface area contributed by atoms with E-state index in [1.165, 1.54) is 0 Å². The molecule has 1 saturated heterocycles. The Hall–Kier alpha value is -0.590. The highest BCUT2D eigenvalue weighted by atomic mass is 32.1. The summed E-state index contributed by atoms with van der Waals surface area (Å²) < 4.78 is 38.5. The molecular weight excluding hydrogens is 273 g/mol. The van der Waals surface area contributed by atoms with E-state index in [0.29, 0.717) is 19.5 Å². The van der Waals surface area contributed by atoms with Crippen LogP contribution in [0.1, 0.15) is 28.6 Å². The van der Waals surface area contributed by atoms with Gasteiger partial charge in [-0.2, -0.15) is 13.2 Å². The van der Waals surface area contributed by atoms with E-state index in [4.69, 9.17) is 5.73 Å². The van der Waals surface area contributed by atoms with Gasteiger partial charge in [0.15, 0.2) is 0 Å². The SMILES string of the molecule is Cc1ccc(C(CN)N2CCCC(C(F)(F)F)C2)s1. The van der Waals surface area contributed by atoms with Crippen LogP contribution in [0.5, 0.6) is 0 Å². The number of piperidine rings is 1. The van der Waals surface area contributed by atoms with Crippen LogP contribution in [0.4, 0.5) is 13.2 Å². The van der Waals surface area contributed by atoms with Gasteiger partial charge in [0.2, 0.25) is 0 Å². The van der Waals surface area contributed by atoms with Crippen molar-refractivity contribution in [1.82, 2.24) is 4.90 Å². The third kappa shape index (κ3) is 3.49. The van der Waals surface area contributed by atoms with Gasteiger partial charge in [-0.1, -0.05) is 0 Å². The molecule has 0 aromatic carbocycles. The third-order valence-electron chi connectivity index (χ3n) is 3.67. The largest absolute Gasteiger partial charge is 0.393 e. The number of hydrogen-bond donors (Lipinski definition) is 1. The van der Waals surface area contributed by atoms with E-state index in [1.807, 2.05) is 24.0 Å². The predicted octanol–water partition coefficient (Wildman–Crippen LogP) is 3.33. The van der Waals surface area contributed by atoms with Crippen LogP contribution in [0.2, 0.25) is 0 Å². The number of alkyl halides is 3. The van der Waals surface area contributed by atoms with Crippen LogP contribution in [0, 0.1) is 12.8 Å². The molecule has 2 atom stereocenters. The predicted molar refractivity (Wildman–Crippen MR) is 71.2 cm³/mol.